The number of benzene rings is 1. The maximum atomic E-state index is 13.6. The van der Waals surface area contributed by atoms with Crippen molar-refractivity contribution in [2.75, 3.05) is 24.2 Å². The Morgan fingerprint density at radius 3 is 2.36 bits per heavy atom. The van der Waals surface area contributed by atoms with Crippen molar-refractivity contribution >= 4 is 33.8 Å². The summed E-state index contributed by atoms with van der Waals surface area (Å²) in [5.41, 5.74) is 1.73. The summed E-state index contributed by atoms with van der Waals surface area (Å²) in [5, 5.41) is 10.1. The fourth-order valence-electron chi connectivity index (χ4n) is 3.21. The summed E-state index contributed by atoms with van der Waals surface area (Å²) in [6.07, 6.45) is 2.62. The Hall–Kier alpha value is -3.18. The van der Waals surface area contributed by atoms with Crippen LogP contribution in [0.1, 0.15) is 57.2 Å². The molecule has 0 saturated heterocycles. The number of esters is 1. The number of anilines is 1. The van der Waals surface area contributed by atoms with Gasteiger partial charge in [-0.2, -0.15) is 0 Å². The van der Waals surface area contributed by atoms with E-state index in [4.69, 9.17) is 4.74 Å². The zero-order valence-electron chi connectivity index (χ0n) is 21.1. The highest BCUT2D eigenvalue weighted by molar-refractivity contribution is 7.92. The highest BCUT2D eigenvalue weighted by atomic mass is 32.2. The zero-order chi connectivity index (χ0) is 27.0. The molecule has 196 valence electrons. The van der Waals surface area contributed by atoms with Gasteiger partial charge in [0.15, 0.2) is 5.78 Å². The van der Waals surface area contributed by atoms with E-state index in [0.29, 0.717) is 28.9 Å². The van der Waals surface area contributed by atoms with Gasteiger partial charge in [0, 0.05) is 24.6 Å². The van der Waals surface area contributed by atoms with Crippen LogP contribution in [-0.4, -0.2) is 61.3 Å². The Morgan fingerprint density at radius 1 is 1.17 bits per heavy atom. The van der Waals surface area contributed by atoms with Crippen LogP contribution in [-0.2, 0) is 24.3 Å². The molecule has 0 amide bonds. The highest BCUT2D eigenvalue weighted by Gasteiger charge is 2.22. The molecule has 9 nitrogen and oxygen atoms in total. The lowest BCUT2D eigenvalue weighted by Crippen LogP contribution is -2.27. The van der Waals surface area contributed by atoms with Crippen molar-refractivity contribution in [3.8, 4) is 11.3 Å². The van der Waals surface area contributed by atoms with E-state index < -0.39 is 33.7 Å². The smallest absolute Gasteiger partial charge is 0.308 e. The number of halogens is 1. The van der Waals surface area contributed by atoms with E-state index >= 15 is 0 Å². The Labute approximate surface area is 211 Å². The average Bonchev–Trinajstić information content (AvgIpc) is 2.80. The fraction of sp³-hybridized carbons (Fsp3) is 0.440. The number of rotatable bonds is 12. The molecule has 0 aliphatic carbocycles. The van der Waals surface area contributed by atoms with Crippen molar-refractivity contribution in [1.29, 1.82) is 0 Å². The predicted octanol–water partition coefficient (Wildman–Crippen LogP) is 3.48. The number of allylic oxidation sites excluding steroid dienone is 1. The van der Waals surface area contributed by atoms with Crippen molar-refractivity contribution < 1.29 is 32.2 Å². The van der Waals surface area contributed by atoms with Gasteiger partial charge in [-0.25, -0.2) is 27.1 Å². The van der Waals surface area contributed by atoms with Gasteiger partial charge in [0.25, 0.3) is 0 Å². The van der Waals surface area contributed by atoms with Crippen molar-refractivity contribution in [2.24, 2.45) is 0 Å². The van der Waals surface area contributed by atoms with Crippen molar-refractivity contribution in [3.05, 3.63) is 47.4 Å². The van der Waals surface area contributed by atoms with Crippen LogP contribution in [0.4, 0.5) is 10.3 Å². The summed E-state index contributed by atoms with van der Waals surface area (Å²) >= 11 is 0. The lowest BCUT2D eigenvalue weighted by molar-refractivity contribution is -0.146. The molecule has 36 heavy (non-hydrogen) atoms. The molecule has 2 rings (SSSR count). The molecule has 0 aliphatic heterocycles. The second kappa shape index (κ2) is 12.7. The Kier molecular flexibility index (Phi) is 10.2. The van der Waals surface area contributed by atoms with Crippen molar-refractivity contribution in [3.63, 3.8) is 0 Å². The maximum Gasteiger partial charge on any atom is 0.308 e. The van der Waals surface area contributed by atoms with E-state index in [9.17, 15) is 27.5 Å². The SMILES string of the molecule is CCCOC(=O)C[C@H](O)CC(=O)/C=C/c1c(-c2ccc(F)cc2)nc(N(C)S(C)(=O)=O)nc1C(C)C. The molecule has 1 atom stereocenters. The lowest BCUT2D eigenvalue weighted by Gasteiger charge is -2.20. The highest BCUT2D eigenvalue weighted by Crippen LogP contribution is 2.31. The summed E-state index contributed by atoms with van der Waals surface area (Å²) in [5.74, 6) is -1.73. The lowest BCUT2D eigenvalue weighted by atomic mass is 9.97. The van der Waals surface area contributed by atoms with E-state index in [-0.39, 0.29) is 31.3 Å². The first-order chi connectivity index (χ1) is 16.8. The number of sulfonamides is 1. The molecular formula is C25H32FN3O6S. The van der Waals surface area contributed by atoms with Gasteiger partial charge in [0.2, 0.25) is 16.0 Å². The molecule has 0 aliphatic rings. The van der Waals surface area contributed by atoms with Crippen LogP contribution < -0.4 is 4.31 Å². The summed E-state index contributed by atoms with van der Waals surface area (Å²) < 4.78 is 43.7. The van der Waals surface area contributed by atoms with Gasteiger partial charge >= 0.3 is 5.97 Å². The summed E-state index contributed by atoms with van der Waals surface area (Å²) in [4.78, 5) is 33.1. The first-order valence-electron chi connectivity index (χ1n) is 11.5. The third-order valence-corrected chi connectivity index (χ3v) is 6.31. The maximum absolute atomic E-state index is 13.6. The van der Waals surface area contributed by atoms with Gasteiger partial charge in [0.05, 0.1) is 36.8 Å². The van der Waals surface area contributed by atoms with Crippen LogP contribution in [0, 0.1) is 5.82 Å². The van der Waals surface area contributed by atoms with Crippen LogP contribution in [0.5, 0.6) is 0 Å². The quantitative estimate of drug-likeness (QED) is 0.332. The second-order valence-electron chi connectivity index (χ2n) is 8.65. The van der Waals surface area contributed by atoms with Gasteiger partial charge in [0.1, 0.15) is 5.82 Å². The topological polar surface area (TPSA) is 127 Å². The fourth-order valence-corrected chi connectivity index (χ4v) is 3.59. The van der Waals surface area contributed by atoms with E-state index in [1.54, 1.807) is 0 Å². The molecule has 1 aromatic heterocycles. The van der Waals surface area contributed by atoms with Gasteiger partial charge < -0.3 is 9.84 Å². The minimum Gasteiger partial charge on any atom is -0.466 e. The number of hydrogen-bond donors (Lipinski definition) is 1. The number of aliphatic hydroxyl groups is 1. The average molecular weight is 522 g/mol. The van der Waals surface area contributed by atoms with Gasteiger partial charge in [-0.3, -0.25) is 9.59 Å². The molecule has 0 spiro atoms. The first-order valence-corrected chi connectivity index (χ1v) is 13.3. The molecule has 0 bridgehead atoms. The number of hydrogen-bond acceptors (Lipinski definition) is 8. The third kappa shape index (κ3) is 8.20. The summed E-state index contributed by atoms with van der Waals surface area (Å²) in [7, 11) is -2.33. The molecule has 1 N–H and O–H groups in total. The molecule has 1 aromatic carbocycles. The zero-order valence-corrected chi connectivity index (χ0v) is 21.9. The molecule has 0 fully saturated rings. The van der Waals surface area contributed by atoms with Gasteiger partial charge in [-0.1, -0.05) is 20.8 Å². The molecule has 0 saturated carbocycles. The third-order valence-electron chi connectivity index (χ3n) is 5.15. The summed E-state index contributed by atoms with van der Waals surface area (Å²) in [6.45, 7) is 5.80. The number of aromatic nitrogens is 2. The van der Waals surface area contributed by atoms with Crippen LogP contribution in [0.25, 0.3) is 17.3 Å². The minimum atomic E-state index is -3.66. The Balaban J connectivity index is 2.47. The number of ketones is 1. The van der Waals surface area contributed by atoms with E-state index in [1.807, 2.05) is 20.8 Å². The van der Waals surface area contributed by atoms with E-state index in [2.05, 4.69) is 9.97 Å². The van der Waals surface area contributed by atoms with Crippen molar-refractivity contribution in [1.82, 2.24) is 9.97 Å². The van der Waals surface area contributed by atoms with Gasteiger partial charge in [-0.05, 0) is 48.8 Å². The Bertz CT molecular complexity index is 1210. The second-order valence-corrected chi connectivity index (χ2v) is 10.7. The molecule has 11 heteroatoms. The van der Waals surface area contributed by atoms with Crippen LogP contribution in [0.2, 0.25) is 0 Å². The summed E-state index contributed by atoms with van der Waals surface area (Å²) in [6, 6.07) is 5.49. The normalized spacial score (nSPS) is 12.7. The van der Waals surface area contributed by atoms with E-state index in [0.717, 1.165) is 10.6 Å². The van der Waals surface area contributed by atoms with Crippen LogP contribution in [0.3, 0.4) is 0 Å². The molecule has 0 unspecified atom stereocenters. The predicted molar refractivity (Wildman–Crippen MR) is 135 cm³/mol. The van der Waals surface area contributed by atoms with Crippen molar-refractivity contribution in [2.45, 2.75) is 52.1 Å². The number of carbonyl (C=O) groups excluding carboxylic acids is 2. The number of nitrogens with zero attached hydrogens (tertiary/aromatic N) is 3. The Morgan fingerprint density at radius 2 is 1.81 bits per heavy atom. The standard InChI is InChI=1S/C25H32FN3O6S/c1-6-13-35-22(32)15-20(31)14-19(30)11-12-21-23(16(2)3)27-25(29(4)36(5,33)34)28-24(21)17-7-9-18(26)10-8-17/h7-12,16,20,31H,6,13-15H2,1-5H3/b12-11+/t20-/m1/s1. The van der Waals surface area contributed by atoms with E-state index in [1.165, 1.54) is 43.5 Å². The first kappa shape index (κ1) is 29.1. The molecule has 2 aromatic rings. The number of aliphatic hydroxyl groups excluding tert-OH is 1. The monoisotopic (exact) mass is 521 g/mol. The van der Waals surface area contributed by atoms with Gasteiger partial charge in [-0.15, -0.1) is 0 Å². The number of ether oxygens (including phenoxy) is 1. The molecule has 1 heterocycles. The largest absolute Gasteiger partial charge is 0.466 e. The number of carbonyl (C=O) groups is 2. The van der Waals surface area contributed by atoms with Crippen LogP contribution in [0.15, 0.2) is 30.3 Å². The molecule has 0 radical (unpaired) electrons. The minimum absolute atomic E-state index is 0.0648. The molecular weight excluding hydrogens is 489 g/mol. The van der Waals surface area contributed by atoms with Crippen LogP contribution >= 0.6 is 0 Å².